The number of carbonyl (C=O) groups excluding carboxylic acids is 1. The molecule has 86 valence electrons. The third kappa shape index (κ3) is 4.42. The highest BCUT2D eigenvalue weighted by molar-refractivity contribution is 8.00. The van der Waals surface area contributed by atoms with Gasteiger partial charge in [-0.25, -0.2) is 0 Å². The van der Waals surface area contributed by atoms with E-state index in [0.29, 0.717) is 13.0 Å². The Morgan fingerprint density at radius 3 is 3.00 bits per heavy atom. The number of hydrogen-bond donors (Lipinski definition) is 3. The molecule has 0 aromatic heterocycles. The predicted octanol–water partition coefficient (Wildman–Crippen LogP) is 0.525. The van der Waals surface area contributed by atoms with E-state index < -0.39 is 0 Å². The SMILES string of the molecule is NC(CCNC(=O)C1CCCCS1)=NO. The molecule has 0 bridgehead atoms. The average molecular weight is 231 g/mol. The van der Waals surface area contributed by atoms with Crippen molar-refractivity contribution in [2.24, 2.45) is 10.9 Å². The van der Waals surface area contributed by atoms with E-state index in [-0.39, 0.29) is 17.0 Å². The Bertz CT molecular complexity index is 240. The molecule has 6 heteroatoms. The maximum absolute atomic E-state index is 11.6. The number of nitrogens with two attached hydrogens (primary N) is 1. The van der Waals surface area contributed by atoms with E-state index >= 15 is 0 Å². The molecule has 4 N–H and O–H groups in total. The van der Waals surface area contributed by atoms with Crippen LogP contribution in [0.1, 0.15) is 25.7 Å². The molecule has 1 amide bonds. The first kappa shape index (κ1) is 12.2. The third-order valence-electron chi connectivity index (χ3n) is 2.28. The standard InChI is InChI=1S/C9H17N3O2S/c10-8(12-14)4-5-11-9(13)7-3-1-2-6-15-7/h7,14H,1-6H2,(H2,10,12)(H,11,13). The van der Waals surface area contributed by atoms with Crippen LogP contribution in [0.15, 0.2) is 5.16 Å². The van der Waals surface area contributed by atoms with Gasteiger partial charge in [0, 0.05) is 13.0 Å². The van der Waals surface area contributed by atoms with Crippen LogP contribution in [0.2, 0.25) is 0 Å². The van der Waals surface area contributed by atoms with Crippen LogP contribution in [0.25, 0.3) is 0 Å². The fraction of sp³-hybridized carbons (Fsp3) is 0.778. The fourth-order valence-corrected chi connectivity index (χ4v) is 2.65. The zero-order valence-electron chi connectivity index (χ0n) is 8.61. The van der Waals surface area contributed by atoms with Crippen molar-refractivity contribution in [2.45, 2.75) is 30.9 Å². The molecule has 1 heterocycles. The number of carbonyl (C=O) groups is 1. The highest BCUT2D eigenvalue weighted by Gasteiger charge is 2.20. The minimum absolute atomic E-state index is 0.0745. The largest absolute Gasteiger partial charge is 0.409 e. The first-order valence-corrected chi connectivity index (χ1v) is 6.14. The minimum atomic E-state index is 0.0745. The van der Waals surface area contributed by atoms with E-state index in [1.807, 2.05) is 0 Å². The normalized spacial score (nSPS) is 22.4. The topological polar surface area (TPSA) is 87.7 Å². The van der Waals surface area contributed by atoms with E-state index in [1.165, 1.54) is 6.42 Å². The molecule has 1 rings (SSSR count). The molecule has 0 spiro atoms. The summed E-state index contributed by atoms with van der Waals surface area (Å²) in [5.74, 6) is 1.29. The second kappa shape index (κ2) is 6.55. The molecule has 0 aliphatic carbocycles. The van der Waals surface area contributed by atoms with Crippen LogP contribution in [0.3, 0.4) is 0 Å². The molecule has 1 fully saturated rings. The summed E-state index contributed by atoms with van der Waals surface area (Å²) in [7, 11) is 0. The first-order chi connectivity index (χ1) is 7.24. The van der Waals surface area contributed by atoms with Crippen LogP contribution < -0.4 is 11.1 Å². The van der Waals surface area contributed by atoms with Gasteiger partial charge in [-0.3, -0.25) is 4.79 Å². The highest BCUT2D eigenvalue weighted by atomic mass is 32.2. The number of oxime groups is 1. The Morgan fingerprint density at radius 2 is 2.40 bits per heavy atom. The van der Waals surface area contributed by atoms with Crippen LogP contribution >= 0.6 is 11.8 Å². The minimum Gasteiger partial charge on any atom is -0.409 e. The van der Waals surface area contributed by atoms with Gasteiger partial charge in [0.15, 0.2) is 0 Å². The summed E-state index contributed by atoms with van der Waals surface area (Å²) in [6.45, 7) is 0.436. The summed E-state index contributed by atoms with van der Waals surface area (Å²) < 4.78 is 0. The maximum atomic E-state index is 11.6. The van der Waals surface area contributed by atoms with Crippen LogP contribution in [-0.4, -0.2) is 34.5 Å². The van der Waals surface area contributed by atoms with Crippen molar-refractivity contribution in [3.8, 4) is 0 Å². The molecule has 0 aromatic rings. The van der Waals surface area contributed by atoms with Crippen molar-refractivity contribution in [1.29, 1.82) is 0 Å². The fourth-order valence-electron chi connectivity index (χ4n) is 1.43. The molecule has 1 aliphatic heterocycles. The zero-order chi connectivity index (χ0) is 11.1. The summed E-state index contributed by atoms with van der Waals surface area (Å²) in [5, 5.41) is 14.0. The summed E-state index contributed by atoms with van der Waals surface area (Å²) in [4.78, 5) is 11.6. The quantitative estimate of drug-likeness (QED) is 0.285. The second-order valence-electron chi connectivity index (χ2n) is 3.49. The van der Waals surface area contributed by atoms with E-state index in [9.17, 15) is 4.79 Å². The third-order valence-corrected chi connectivity index (χ3v) is 3.66. The van der Waals surface area contributed by atoms with E-state index in [4.69, 9.17) is 10.9 Å². The Kier molecular flexibility index (Phi) is 5.31. The highest BCUT2D eigenvalue weighted by Crippen LogP contribution is 2.24. The molecule has 1 unspecified atom stereocenters. The van der Waals surface area contributed by atoms with Gasteiger partial charge >= 0.3 is 0 Å². The van der Waals surface area contributed by atoms with Crippen LogP contribution in [0.5, 0.6) is 0 Å². The number of amidine groups is 1. The summed E-state index contributed by atoms with van der Waals surface area (Å²) in [5.41, 5.74) is 5.28. The van der Waals surface area contributed by atoms with Gasteiger partial charge in [-0.05, 0) is 18.6 Å². The number of nitrogens with one attached hydrogen (secondary N) is 1. The van der Waals surface area contributed by atoms with Gasteiger partial charge in [-0.1, -0.05) is 11.6 Å². The number of rotatable bonds is 4. The summed E-state index contributed by atoms with van der Waals surface area (Å²) in [6.07, 6.45) is 3.68. The molecule has 0 radical (unpaired) electrons. The zero-order valence-corrected chi connectivity index (χ0v) is 9.42. The molecule has 0 aromatic carbocycles. The van der Waals surface area contributed by atoms with Crippen molar-refractivity contribution in [2.75, 3.05) is 12.3 Å². The van der Waals surface area contributed by atoms with Gasteiger partial charge in [-0.15, -0.1) is 11.8 Å². The molecule has 1 aliphatic rings. The lowest BCUT2D eigenvalue weighted by molar-refractivity contribution is -0.120. The lowest BCUT2D eigenvalue weighted by Gasteiger charge is -2.20. The molecule has 1 saturated heterocycles. The Balaban J connectivity index is 2.17. The first-order valence-electron chi connectivity index (χ1n) is 5.09. The number of amides is 1. The van der Waals surface area contributed by atoms with Crippen molar-refractivity contribution < 1.29 is 10.0 Å². The number of thioether (sulfide) groups is 1. The van der Waals surface area contributed by atoms with Crippen molar-refractivity contribution in [1.82, 2.24) is 5.32 Å². The lowest BCUT2D eigenvalue weighted by Crippen LogP contribution is -2.36. The van der Waals surface area contributed by atoms with Crippen LogP contribution in [-0.2, 0) is 4.79 Å². The Labute approximate surface area is 93.5 Å². The van der Waals surface area contributed by atoms with Gasteiger partial charge in [0.25, 0.3) is 0 Å². The molecular formula is C9H17N3O2S. The van der Waals surface area contributed by atoms with Gasteiger partial charge in [0.1, 0.15) is 5.84 Å². The predicted molar refractivity (Wildman–Crippen MR) is 61.1 cm³/mol. The second-order valence-corrected chi connectivity index (χ2v) is 4.80. The average Bonchev–Trinajstić information content (AvgIpc) is 2.29. The van der Waals surface area contributed by atoms with Gasteiger partial charge in [0.05, 0.1) is 5.25 Å². The molecular weight excluding hydrogens is 214 g/mol. The Morgan fingerprint density at radius 1 is 1.60 bits per heavy atom. The number of nitrogens with zero attached hydrogens (tertiary/aromatic N) is 1. The molecule has 0 saturated carbocycles. The maximum Gasteiger partial charge on any atom is 0.233 e. The van der Waals surface area contributed by atoms with Gasteiger partial charge < -0.3 is 16.3 Å². The van der Waals surface area contributed by atoms with E-state index in [0.717, 1.165) is 18.6 Å². The van der Waals surface area contributed by atoms with Gasteiger partial charge in [0.2, 0.25) is 5.91 Å². The van der Waals surface area contributed by atoms with Crippen molar-refractivity contribution in [3.05, 3.63) is 0 Å². The van der Waals surface area contributed by atoms with Crippen LogP contribution in [0, 0.1) is 0 Å². The van der Waals surface area contributed by atoms with E-state index in [1.54, 1.807) is 11.8 Å². The van der Waals surface area contributed by atoms with Crippen molar-refractivity contribution >= 4 is 23.5 Å². The molecule has 1 atom stereocenters. The molecule has 15 heavy (non-hydrogen) atoms. The van der Waals surface area contributed by atoms with E-state index in [2.05, 4.69) is 10.5 Å². The van der Waals surface area contributed by atoms with Crippen molar-refractivity contribution in [3.63, 3.8) is 0 Å². The van der Waals surface area contributed by atoms with Gasteiger partial charge in [-0.2, -0.15) is 0 Å². The summed E-state index contributed by atoms with van der Waals surface area (Å²) in [6, 6.07) is 0. The lowest BCUT2D eigenvalue weighted by atomic mass is 10.2. The Hall–Kier alpha value is -0.910. The monoisotopic (exact) mass is 231 g/mol. The summed E-state index contributed by atoms with van der Waals surface area (Å²) >= 11 is 1.71. The molecule has 5 nitrogen and oxygen atoms in total. The number of hydrogen-bond acceptors (Lipinski definition) is 4. The van der Waals surface area contributed by atoms with Crippen LogP contribution in [0.4, 0.5) is 0 Å². The smallest absolute Gasteiger partial charge is 0.233 e.